The van der Waals surface area contributed by atoms with E-state index in [-0.39, 0.29) is 0 Å². The van der Waals surface area contributed by atoms with Crippen LogP contribution in [0, 0.1) is 0 Å². The van der Waals surface area contributed by atoms with Gasteiger partial charge in [-0.3, -0.25) is 0 Å². The first-order chi connectivity index (χ1) is 24.3. The van der Waals surface area contributed by atoms with Crippen molar-refractivity contribution in [3.05, 3.63) is 182 Å². The normalized spacial score (nSPS) is 11.7. The van der Waals surface area contributed by atoms with Crippen molar-refractivity contribution in [1.29, 1.82) is 0 Å². The lowest BCUT2D eigenvalue weighted by molar-refractivity contribution is 0.669. The maximum absolute atomic E-state index is 6.36. The van der Waals surface area contributed by atoms with Gasteiger partial charge in [-0.15, -0.1) is 0 Å². The third-order valence-electron chi connectivity index (χ3n) is 10.0. The number of rotatable bonds is 4. The molecule has 0 N–H and O–H groups in total. The highest BCUT2D eigenvalue weighted by Crippen LogP contribution is 2.45. The summed E-state index contributed by atoms with van der Waals surface area (Å²) in [5, 5.41) is 9.75. The number of hydrogen-bond acceptors (Lipinski definition) is 1. The summed E-state index contributed by atoms with van der Waals surface area (Å²) < 4.78 is 6.36. The molecular weight excluding hydrogens is 593 g/mol. The minimum absolute atomic E-state index is 0.902. The Balaban J connectivity index is 1.19. The van der Waals surface area contributed by atoms with Gasteiger partial charge in [0, 0.05) is 10.8 Å². The molecular formula is C48H30O. The fourth-order valence-corrected chi connectivity index (χ4v) is 7.72. The maximum atomic E-state index is 6.36. The second kappa shape index (κ2) is 11.1. The number of hydrogen-bond donors (Lipinski definition) is 0. The van der Waals surface area contributed by atoms with Crippen LogP contribution < -0.4 is 0 Å². The second-order valence-electron chi connectivity index (χ2n) is 12.9. The van der Waals surface area contributed by atoms with Gasteiger partial charge in [-0.2, -0.15) is 0 Å². The van der Waals surface area contributed by atoms with Crippen molar-refractivity contribution in [1.82, 2.24) is 0 Å². The van der Waals surface area contributed by atoms with E-state index in [1.807, 2.05) is 0 Å². The van der Waals surface area contributed by atoms with Crippen LogP contribution >= 0.6 is 0 Å². The Morgan fingerprint density at radius 3 is 1.37 bits per heavy atom. The highest BCUT2D eigenvalue weighted by molar-refractivity contribution is 6.22. The standard InChI is InChI=1S/C48H30O/c1-2-11-31(12-3-1)36-23-25-45-43(29-36)44-30-38(24-26-46(44)49-45)48-41-19-8-6-17-39(41)47(40-18-7-9-20-42(40)48)37-16-10-15-34(28-37)35-22-21-32-13-4-5-14-33(32)27-35/h1-30H. The zero-order valence-electron chi connectivity index (χ0n) is 26.7. The summed E-state index contributed by atoms with van der Waals surface area (Å²) in [6, 6.07) is 65.8. The summed E-state index contributed by atoms with van der Waals surface area (Å²) in [5.74, 6) is 0. The third-order valence-corrected chi connectivity index (χ3v) is 10.0. The summed E-state index contributed by atoms with van der Waals surface area (Å²) in [4.78, 5) is 0. The molecule has 10 aromatic rings. The number of furan rings is 1. The number of benzene rings is 9. The molecule has 0 unspecified atom stereocenters. The lowest BCUT2D eigenvalue weighted by Crippen LogP contribution is -1.91. The van der Waals surface area contributed by atoms with Crippen molar-refractivity contribution in [2.24, 2.45) is 0 Å². The molecule has 0 bridgehead atoms. The van der Waals surface area contributed by atoms with E-state index in [9.17, 15) is 0 Å². The van der Waals surface area contributed by atoms with Crippen molar-refractivity contribution in [3.63, 3.8) is 0 Å². The van der Waals surface area contributed by atoms with Crippen LogP contribution in [0.1, 0.15) is 0 Å². The molecule has 10 rings (SSSR count). The Morgan fingerprint density at radius 1 is 0.245 bits per heavy atom. The van der Waals surface area contributed by atoms with E-state index in [0.29, 0.717) is 0 Å². The van der Waals surface area contributed by atoms with Gasteiger partial charge in [0.25, 0.3) is 0 Å². The van der Waals surface area contributed by atoms with Crippen LogP contribution in [0.25, 0.3) is 98.8 Å². The molecule has 1 aromatic heterocycles. The molecule has 0 aliphatic heterocycles. The molecule has 49 heavy (non-hydrogen) atoms. The Morgan fingerprint density at radius 2 is 0.694 bits per heavy atom. The van der Waals surface area contributed by atoms with E-state index >= 15 is 0 Å². The summed E-state index contributed by atoms with van der Waals surface area (Å²) >= 11 is 0. The van der Waals surface area contributed by atoms with Crippen molar-refractivity contribution in [2.75, 3.05) is 0 Å². The monoisotopic (exact) mass is 622 g/mol. The van der Waals surface area contributed by atoms with Gasteiger partial charge in [0.15, 0.2) is 0 Å². The molecule has 0 atom stereocenters. The fourth-order valence-electron chi connectivity index (χ4n) is 7.72. The van der Waals surface area contributed by atoms with Gasteiger partial charge >= 0.3 is 0 Å². The summed E-state index contributed by atoms with van der Waals surface area (Å²) in [6.45, 7) is 0. The second-order valence-corrected chi connectivity index (χ2v) is 12.9. The first kappa shape index (κ1) is 27.7. The van der Waals surface area contributed by atoms with E-state index in [0.717, 1.165) is 21.9 Å². The Bertz CT molecular complexity index is 2820. The summed E-state index contributed by atoms with van der Waals surface area (Å²) in [7, 11) is 0. The van der Waals surface area contributed by atoms with E-state index in [1.54, 1.807) is 0 Å². The molecule has 1 heteroatoms. The highest BCUT2D eigenvalue weighted by atomic mass is 16.3. The molecule has 0 aliphatic carbocycles. The van der Waals surface area contributed by atoms with Crippen molar-refractivity contribution >= 4 is 54.3 Å². The lowest BCUT2D eigenvalue weighted by atomic mass is 9.85. The van der Waals surface area contributed by atoms with Crippen molar-refractivity contribution in [3.8, 4) is 44.5 Å². The molecule has 0 spiro atoms. The van der Waals surface area contributed by atoms with Gasteiger partial charge in [-0.1, -0.05) is 146 Å². The zero-order chi connectivity index (χ0) is 32.3. The Hall–Kier alpha value is -6.44. The largest absolute Gasteiger partial charge is 0.456 e. The van der Waals surface area contributed by atoms with E-state index in [2.05, 4.69) is 182 Å². The van der Waals surface area contributed by atoms with Crippen molar-refractivity contribution in [2.45, 2.75) is 0 Å². The SMILES string of the molecule is c1ccc(-c2ccc3oc4ccc(-c5c6ccccc6c(-c6cccc(-c7ccc8ccccc8c7)c6)c6ccccc56)cc4c3c2)cc1. The topological polar surface area (TPSA) is 13.1 Å². The van der Waals surface area contributed by atoms with Gasteiger partial charge in [0.1, 0.15) is 11.2 Å². The predicted octanol–water partition coefficient (Wildman–Crippen LogP) is 13.7. The lowest BCUT2D eigenvalue weighted by Gasteiger charge is -2.18. The maximum Gasteiger partial charge on any atom is 0.135 e. The van der Waals surface area contributed by atoms with Crippen LogP contribution in [0.3, 0.4) is 0 Å². The number of fused-ring (bicyclic) bond motifs is 6. The molecule has 1 nitrogen and oxygen atoms in total. The van der Waals surface area contributed by atoms with E-state index < -0.39 is 0 Å². The quantitative estimate of drug-likeness (QED) is 0.178. The van der Waals surface area contributed by atoms with Gasteiger partial charge in [0.2, 0.25) is 0 Å². The molecule has 0 amide bonds. The highest BCUT2D eigenvalue weighted by Gasteiger charge is 2.18. The molecule has 9 aromatic carbocycles. The third kappa shape index (κ3) is 4.55. The van der Waals surface area contributed by atoms with Crippen LogP contribution in [-0.2, 0) is 0 Å². The van der Waals surface area contributed by atoms with Crippen LogP contribution in [-0.4, -0.2) is 0 Å². The fraction of sp³-hybridized carbons (Fsp3) is 0. The first-order valence-electron chi connectivity index (χ1n) is 16.8. The zero-order valence-corrected chi connectivity index (χ0v) is 26.7. The van der Waals surface area contributed by atoms with Crippen LogP contribution in [0.5, 0.6) is 0 Å². The van der Waals surface area contributed by atoms with Gasteiger partial charge < -0.3 is 4.42 Å². The summed E-state index contributed by atoms with van der Waals surface area (Å²) in [6.07, 6.45) is 0. The molecule has 0 saturated heterocycles. The molecule has 0 aliphatic rings. The van der Waals surface area contributed by atoms with Gasteiger partial charge in [-0.25, -0.2) is 0 Å². The molecule has 0 fully saturated rings. The molecule has 228 valence electrons. The van der Waals surface area contributed by atoms with Crippen LogP contribution in [0.4, 0.5) is 0 Å². The van der Waals surface area contributed by atoms with Gasteiger partial charge in [0.05, 0.1) is 0 Å². The van der Waals surface area contributed by atoms with E-state index in [4.69, 9.17) is 4.42 Å². The Labute approximate surface area is 284 Å². The summed E-state index contributed by atoms with van der Waals surface area (Å²) in [5.41, 5.74) is 11.5. The Kier molecular flexibility index (Phi) is 6.25. The molecule has 0 radical (unpaired) electrons. The molecule has 1 heterocycles. The van der Waals surface area contributed by atoms with Crippen molar-refractivity contribution < 1.29 is 4.42 Å². The predicted molar refractivity (Wildman–Crippen MR) is 208 cm³/mol. The average Bonchev–Trinajstić information content (AvgIpc) is 3.54. The minimum atomic E-state index is 0.902. The van der Waals surface area contributed by atoms with Gasteiger partial charge in [-0.05, 0) is 113 Å². The van der Waals surface area contributed by atoms with Crippen LogP contribution in [0.2, 0.25) is 0 Å². The van der Waals surface area contributed by atoms with Crippen LogP contribution in [0.15, 0.2) is 186 Å². The smallest absolute Gasteiger partial charge is 0.135 e. The first-order valence-corrected chi connectivity index (χ1v) is 16.8. The van der Waals surface area contributed by atoms with E-state index in [1.165, 1.54) is 76.8 Å². The average molecular weight is 623 g/mol. The molecule has 0 saturated carbocycles. The minimum Gasteiger partial charge on any atom is -0.456 e.